The topological polar surface area (TPSA) is 113 Å². The van der Waals surface area contributed by atoms with Crippen molar-refractivity contribution in [2.75, 3.05) is 0 Å². The van der Waals surface area contributed by atoms with Gasteiger partial charge in [-0.2, -0.15) is 9.98 Å². The molecule has 0 saturated heterocycles. The molecule has 1 N–H and O–H groups in total. The van der Waals surface area contributed by atoms with Crippen molar-refractivity contribution in [3.05, 3.63) is 34.1 Å². The highest BCUT2D eigenvalue weighted by Gasteiger charge is 2.29. The van der Waals surface area contributed by atoms with Gasteiger partial charge in [-0.15, -0.1) is 0 Å². The first-order chi connectivity index (χ1) is 9.19. The van der Waals surface area contributed by atoms with Crippen LogP contribution in [0, 0.1) is 33.2 Å². The van der Waals surface area contributed by atoms with Crippen molar-refractivity contribution in [1.29, 1.82) is 5.26 Å². The maximum Gasteiger partial charge on any atom is 0.292 e. The Morgan fingerprint density at radius 1 is 1.45 bits per heavy atom. The second-order valence-corrected chi connectivity index (χ2v) is 6.02. The van der Waals surface area contributed by atoms with E-state index in [1.165, 1.54) is 0 Å². The van der Waals surface area contributed by atoms with Crippen molar-refractivity contribution in [2.24, 2.45) is 5.92 Å². The van der Waals surface area contributed by atoms with E-state index in [0.29, 0.717) is 6.07 Å². The Morgan fingerprint density at radius 3 is 2.50 bits per heavy atom. The minimum atomic E-state index is -4.29. The fraction of sp³-hybridized carbons (Fsp3) is 0.364. The normalized spacial score (nSPS) is 12.9. The van der Waals surface area contributed by atoms with Gasteiger partial charge in [-0.3, -0.25) is 10.1 Å². The van der Waals surface area contributed by atoms with Crippen LogP contribution >= 0.6 is 0 Å². The van der Waals surface area contributed by atoms with Crippen molar-refractivity contribution in [3.8, 4) is 6.07 Å². The third kappa shape index (κ3) is 3.49. The summed E-state index contributed by atoms with van der Waals surface area (Å²) in [5, 5.41) is 19.6. The van der Waals surface area contributed by atoms with Gasteiger partial charge in [-0.1, -0.05) is 13.8 Å². The highest BCUT2D eigenvalue weighted by atomic mass is 32.2. The molecule has 0 aliphatic heterocycles. The van der Waals surface area contributed by atoms with E-state index >= 15 is 0 Å². The zero-order valence-corrected chi connectivity index (χ0v) is 11.5. The largest absolute Gasteiger partial charge is 0.292 e. The predicted octanol–water partition coefficient (Wildman–Crippen LogP) is 1.56. The standard InChI is InChI=1S/C11H12FN3O4S/c1-7(2)9(6-13)14-20(18,19)11-4-3-8(12)5-10(11)15(16)17/h3-5,7,9,14H,1-2H3. The van der Waals surface area contributed by atoms with Gasteiger partial charge in [0, 0.05) is 0 Å². The van der Waals surface area contributed by atoms with E-state index in [0.717, 1.165) is 12.1 Å². The molecule has 0 aromatic heterocycles. The quantitative estimate of drug-likeness (QED) is 0.655. The van der Waals surface area contributed by atoms with E-state index in [-0.39, 0.29) is 5.92 Å². The molecule has 1 atom stereocenters. The van der Waals surface area contributed by atoms with E-state index in [1.807, 2.05) is 0 Å². The van der Waals surface area contributed by atoms with Crippen LogP contribution in [0.3, 0.4) is 0 Å². The smallest absolute Gasteiger partial charge is 0.258 e. The fourth-order valence-corrected chi connectivity index (χ4v) is 2.84. The maximum absolute atomic E-state index is 13.0. The first kappa shape index (κ1) is 16.0. The van der Waals surface area contributed by atoms with Crippen molar-refractivity contribution in [2.45, 2.75) is 24.8 Å². The SMILES string of the molecule is CC(C)C(C#N)NS(=O)(=O)c1ccc(F)cc1[N+](=O)[O-]. The summed E-state index contributed by atoms with van der Waals surface area (Å²) in [6.07, 6.45) is 0. The predicted molar refractivity (Wildman–Crippen MR) is 67.6 cm³/mol. The average Bonchev–Trinajstić information content (AvgIpc) is 2.35. The fourth-order valence-electron chi connectivity index (χ4n) is 1.40. The van der Waals surface area contributed by atoms with Gasteiger partial charge in [0.15, 0.2) is 4.90 Å². The highest BCUT2D eigenvalue weighted by Crippen LogP contribution is 2.24. The van der Waals surface area contributed by atoms with Crippen LogP contribution in [0.1, 0.15) is 13.8 Å². The third-order valence-corrected chi connectivity index (χ3v) is 3.98. The Kier molecular flexibility index (Phi) is 4.75. The monoisotopic (exact) mass is 301 g/mol. The molecule has 0 aliphatic rings. The van der Waals surface area contributed by atoms with Crippen LogP contribution in [-0.2, 0) is 10.0 Å². The molecule has 0 radical (unpaired) electrons. The summed E-state index contributed by atoms with van der Waals surface area (Å²) in [5.41, 5.74) is -0.877. The van der Waals surface area contributed by atoms with E-state index in [2.05, 4.69) is 4.72 Å². The number of sulfonamides is 1. The van der Waals surface area contributed by atoms with Crippen LogP contribution in [0.2, 0.25) is 0 Å². The van der Waals surface area contributed by atoms with Crippen LogP contribution in [0.5, 0.6) is 0 Å². The lowest BCUT2D eigenvalue weighted by Crippen LogP contribution is -2.37. The Morgan fingerprint density at radius 2 is 2.05 bits per heavy atom. The Labute approximate surface area is 115 Å². The van der Waals surface area contributed by atoms with E-state index in [4.69, 9.17) is 5.26 Å². The average molecular weight is 301 g/mol. The summed E-state index contributed by atoms with van der Waals surface area (Å²) >= 11 is 0. The van der Waals surface area contributed by atoms with Gasteiger partial charge in [0.05, 0.1) is 17.1 Å². The Balaban J connectivity index is 3.30. The van der Waals surface area contributed by atoms with Gasteiger partial charge >= 0.3 is 0 Å². The molecule has 0 amide bonds. The minimum absolute atomic E-state index is 0.325. The molecule has 1 aromatic carbocycles. The van der Waals surface area contributed by atoms with E-state index < -0.39 is 37.4 Å². The molecular weight excluding hydrogens is 289 g/mol. The molecule has 0 bridgehead atoms. The van der Waals surface area contributed by atoms with Gasteiger partial charge in [-0.25, -0.2) is 12.8 Å². The molecule has 1 rings (SSSR count). The number of nitriles is 1. The van der Waals surface area contributed by atoms with Gasteiger partial charge in [0.1, 0.15) is 11.9 Å². The number of nitrogens with one attached hydrogen (secondary N) is 1. The number of benzene rings is 1. The number of hydrogen-bond donors (Lipinski definition) is 1. The molecule has 9 heteroatoms. The molecule has 108 valence electrons. The lowest BCUT2D eigenvalue weighted by atomic mass is 10.1. The molecule has 1 unspecified atom stereocenters. The van der Waals surface area contributed by atoms with Crippen LogP contribution in [0.15, 0.2) is 23.1 Å². The molecule has 0 heterocycles. The van der Waals surface area contributed by atoms with Crippen molar-refractivity contribution < 1.29 is 17.7 Å². The highest BCUT2D eigenvalue weighted by molar-refractivity contribution is 7.89. The lowest BCUT2D eigenvalue weighted by molar-refractivity contribution is -0.388. The number of nitro groups is 1. The zero-order chi connectivity index (χ0) is 15.5. The molecule has 1 aromatic rings. The summed E-state index contributed by atoms with van der Waals surface area (Å²) in [5.74, 6) is -1.24. The number of nitro benzene ring substituents is 1. The van der Waals surface area contributed by atoms with Gasteiger partial charge in [-0.05, 0) is 18.1 Å². The third-order valence-electron chi connectivity index (χ3n) is 2.50. The number of halogens is 1. The first-order valence-electron chi connectivity index (χ1n) is 5.55. The summed E-state index contributed by atoms with van der Waals surface area (Å²) in [6, 6.07) is 2.84. The van der Waals surface area contributed by atoms with Crippen molar-refractivity contribution >= 4 is 15.7 Å². The van der Waals surface area contributed by atoms with E-state index in [1.54, 1.807) is 19.9 Å². The van der Waals surface area contributed by atoms with Crippen LogP contribution in [0.25, 0.3) is 0 Å². The molecule has 20 heavy (non-hydrogen) atoms. The van der Waals surface area contributed by atoms with Crippen LogP contribution in [0.4, 0.5) is 10.1 Å². The molecule has 0 spiro atoms. The number of hydrogen-bond acceptors (Lipinski definition) is 5. The van der Waals surface area contributed by atoms with Crippen LogP contribution in [-0.4, -0.2) is 19.4 Å². The Hall–Kier alpha value is -2.05. The maximum atomic E-state index is 13.0. The summed E-state index contributed by atoms with van der Waals surface area (Å²) in [6.45, 7) is 3.24. The van der Waals surface area contributed by atoms with E-state index in [9.17, 15) is 22.9 Å². The van der Waals surface area contributed by atoms with Gasteiger partial charge in [0.25, 0.3) is 5.69 Å². The summed E-state index contributed by atoms with van der Waals surface area (Å²) in [7, 11) is -4.29. The molecular formula is C11H12FN3O4S. The molecule has 0 aliphatic carbocycles. The second kappa shape index (κ2) is 5.94. The number of nitrogens with zero attached hydrogens (tertiary/aromatic N) is 2. The van der Waals surface area contributed by atoms with Crippen molar-refractivity contribution in [3.63, 3.8) is 0 Å². The number of rotatable bonds is 5. The zero-order valence-electron chi connectivity index (χ0n) is 10.7. The second-order valence-electron chi connectivity index (χ2n) is 4.34. The summed E-state index contributed by atoms with van der Waals surface area (Å²) < 4.78 is 39.1. The molecule has 0 fully saturated rings. The first-order valence-corrected chi connectivity index (χ1v) is 7.03. The molecule has 7 nitrogen and oxygen atoms in total. The summed E-state index contributed by atoms with van der Waals surface area (Å²) in [4.78, 5) is 9.12. The molecule has 0 saturated carbocycles. The van der Waals surface area contributed by atoms with Gasteiger partial charge < -0.3 is 0 Å². The van der Waals surface area contributed by atoms with Crippen LogP contribution < -0.4 is 4.72 Å². The lowest BCUT2D eigenvalue weighted by Gasteiger charge is -2.15. The van der Waals surface area contributed by atoms with Gasteiger partial charge in [0.2, 0.25) is 10.0 Å². The van der Waals surface area contributed by atoms with Crippen molar-refractivity contribution in [1.82, 2.24) is 4.72 Å². The Bertz CT molecular complexity index is 667. The minimum Gasteiger partial charge on any atom is -0.258 e.